The van der Waals surface area contributed by atoms with Crippen LogP contribution in [0.3, 0.4) is 0 Å². The Kier molecular flexibility index (Phi) is 5.80. The number of piperidine rings is 1. The zero-order valence-electron chi connectivity index (χ0n) is 15.6. The van der Waals surface area contributed by atoms with Crippen molar-refractivity contribution in [1.29, 1.82) is 0 Å². The maximum absolute atomic E-state index is 4.89. The highest BCUT2D eigenvalue weighted by Gasteiger charge is 2.23. The fourth-order valence-corrected chi connectivity index (χ4v) is 4.13. The van der Waals surface area contributed by atoms with Crippen LogP contribution in [0.5, 0.6) is 0 Å². The lowest BCUT2D eigenvalue weighted by molar-refractivity contribution is 0.208. The average molecular weight is 332 g/mol. The van der Waals surface area contributed by atoms with Gasteiger partial charge in [-0.1, -0.05) is 13.8 Å². The molecule has 0 bridgehead atoms. The van der Waals surface area contributed by atoms with Crippen molar-refractivity contribution in [3.8, 4) is 0 Å². The Hall–Kier alpha value is -1.52. The summed E-state index contributed by atoms with van der Waals surface area (Å²) in [5.41, 5.74) is 1.20. The molecule has 1 N–H and O–H groups in total. The van der Waals surface area contributed by atoms with Crippen LogP contribution in [0, 0.1) is 11.8 Å². The molecule has 24 heavy (non-hydrogen) atoms. The molecule has 134 valence electrons. The molecule has 3 rings (SSSR count). The second-order valence-electron chi connectivity index (χ2n) is 7.64. The zero-order valence-corrected chi connectivity index (χ0v) is 15.6. The van der Waals surface area contributed by atoms with E-state index in [4.69, 9.17) is 9.98 Å². The number of guanidine groups is 1. The number of aryl methyl sites for hydroxylation is 2. The second kappa shape index (κ2) is 8.04. The van der Waals surface area contributed by atoms with Crippen LogP contribution in [0.25, 0.3) is 0 Å². The summed E-state index contributed by atoms with van der Waals surface area (Å²) in [4.78, 5) is 12.1. The van der Waals surface area contributed by atoms with Gasteiger partial charge in [-0.3, -0.25) is 4.99 Å². The number of hydrogen-bond donors (Lipinski definition) is 1. The highest BCUT2D eigenvalue weighted by atomic mass is 15.3. The summed E-state index contributed by atoms with van der Waals surface area (Å²) < 4.78 is 2.34. The third kappa shape index (κ3) is 4.31. The van der Waals surface area contributed by atoms with Crippen LogP contribution in [0.2, 0.25) is 0 Å². The number of aliphatic imine (C=N–C) groups is 1. The van der Waals surface area contributed by atoms with Crippen LogP contribution in [0.4, 0.5) is 0 Å². The molecule has 2 unspecified atom stereocenters. The quantitative estimate of drug-likeness (QED) is 0.681. The third-order valence-electron chi connectivity index (χ3n) is 5.09. The first-order chi connectivity index (χ1) is 11.7. The van der Waals surface area contributed by atoms with E-state index in [0.717, 1.165) is 63.4 Å². The first kappa shape index (κ1) is 17.3. The normalized spacial score (nSPS) is 24.8. The van der Waals surface area contributed by atoms with Gasteiger partial charge in [-0.2, -0.15) is 0 Å². The lowest BCUT2D eigenvalue weighted by Crippen LogP contribution is -2.48. The molecule has 2 aliphatic heterocycles. The van der Waals surface area contributed by atoms with E-state index >= 15 is 0 Å². The molecule has 2 atom stereocenters. The summed E-state index contributed by atoms with van der Waals surface area (Å²) in [5, 5.41) is 3.48. The van der Waals surface area contributed by atoms with Gasteiger partial charge in [-0.25, -0.2) is 4.98 Å². The van der Waals surface area contributed by atoms with E-state index in [9.17, 15) is 0 Å². The molecule has 0 aromatic carbocycles. The fourth-order valence-electron chi connectivity index (χ4n) is 4.13. The van der Waals surface area contributed by atoms with Crippen molar-refractivity contribution < 1.29 is 0 Å². The summed E-state index contributed by atoms with van der Waals surface area (Å²) in [7, 11) is 0. The molecule has 1 fully saturated rings. The van der Waals surface area contributed by atoms with E-state index in [1.165, 1.54) is 30.8 Å². The Bertz CT molecular complexity index is 529. The standard InChI is InChI=1S/C19H33N5/c1-4-20-19(24-12-15(2)11-16(3)13-24)21-9-8-17-14-23-10-6-5-7-18(23)22-17/h14-16H,4-13H2,1-3H3,(H,20,21). The van der Waals surface area contributed by atoms with Gasteiger partial charge in [0.2, 0.25) is 0 Å². The molecule has 5 nitrogen and oxygen atoms in total. The first-order valence-corrected chi connectivity index (χ1v) is 9.74. The van der Waals surface area contributed by atoms with Crippen molar-refractivity contribution >= 4 is 5.96 Å². The molecular formula is C19H33N5. The van der Waals surface area contributed by atoms with Gasteiger partial charge in [0.05, 0.1) is 5.69 Å². The predicted molar refractivity (Wildman–Crippen MR) is 99.4 cm³/mol. The Labute approximate surface area is 146 Å². The zero-order chi connectivity index (χ0) is 16.9. The summed E-state index contributed by atoms with van der Waals surface area (Å²) in [6.45, 7) is 12.0. The molecule has 0 amide bonds. The van der Waals surface area contributed by atoms with Gasteiger partial charge in [-0.15, -0.1) is 0 Å². The number of imidazole rings is 1. The van der Waals surface area contributed by atoms with E-state index < -0.39 is 0 Å². The van der Waals surface area contributed by atoms with Crippen molar-refractivity contribution in [2.75, 3.05) is 26.2 Å². The molecule has 0 spiro atoms. The Morgan fingerprint density at radius 1 is 1.29 bits per heavy atom. The molecule has 0 saturated carbocycles. The van der Waals surface area contributed by atoms with Crippen molar-refractivity contribution in [1.82, 2.24) is 19.8 Å². The molecule has 0 aliphatic carbocycles. The van der Waals surface area contributed by atoms with Gasteiger partial charge in [0, 0.05) is 51.8 Å². The SMILES string of the molecule is CCNC(=NCCc1cn2c(n1)CCCC2)N1CC(C)CC(C)C1. The van der Waals surface area contributed by atoms with Crippen LogP contribution in [0.15, 0.2) is 11.2 Å². The average Bonchev–Trinajstić information content (AvgIpc) is 2.96. The summed E-state index contributed by atoms with van der Waals surface area (Å²) in [6, 6.07) is 0. The van der Waals surface area contributed by atoms with Crippen LogP contribution in [-0.4, -0.2) is 46.6 Å². The second-order valence-corrected chi connectivity index (χ2v) is 7.64. The van der Waals surface area contributed by atoms with Crippen LogP contribution >= 0.6 is 0 Å². The first-order valence-electron chi connectivity index (χ1n) is 9.74. The number of nitrogens with one attached hydrogen (secondary N) is 1. The van der Waals surface area contributed by atoms with Crippen molar-refractivity contribution in [2.45, 2.75) is 59.4 Å². The van der Waals surface area contributed by atoms with Crippen molar-refractivity contribution in [3.05, 3.63) is 17.7 Å². The third-order valence-corrected chi connectivity index (χ3v) is 5.09. The van der Waals surface area contributed by atoms with E-state index in [1.54, 1.807) is 0 Å². The Morgan fingerprint density at radius 2 is 2.08 bits per heavy atom. The van der Waals surface area contributed by atoms with Gasteiger partial charge >= 0.3 is 0 Å². The van der Waals surface area contributed by atoms with Gasteiger partial charge < -0.3 is 14.8 Å². The predicted octanol–water partition coefficient (Wildman–Crippen LogP) is 2.71. The minimum atomic E-state index is 0.748. The molecule has 0 radical (unpaired) electrons. The molecule has 1 aromatic rings. The monoisotopic (exact) mass is 331 g/mol. The highest BCUT2D eigenvalue weighted by molar-refractivity contribution is 5.80. The number of fused-ring (bicyclic) bond motifs is 1. The maximum Gasteiger partial charge on any atom is 0.193 e. The molecule has 1 aromatic heterocycles. The van der Waals surface area contributed by atoms with Crippen LogP contribution < -0.4 is 5.32 Å². The fraction of sp³-hybridized carbons (Fsp3) is 0.789. The molecule has 3 heterocycles. The van der Waals surface area contributed by atoms with E-state index in [-0.39, 0.29) is 0 Å². The number of aromatic nitrogens is 2. The highest BCUT2D eigenvalue weighted by Crippen LogP contribution is 2.21. The lowest BCUT2D eigenvalue weighted by atomic mass is 9.92. The summed E-state index contributed by atoms with van der Waals surface area (Å²) in [6.07, 6.45) is 8.21. The van der Waals surface area contributed by atoms with Gasteiger partial charge in [0.25, 0.3) is 0 Å². The Balaban J connectivity index is 1.60. The van der Waals surface area contributed by atoms with Crippen molar-refractivity contribution in [3.63, 3.8) is 0 Å². The molecule has 5 heteroatoms. The van der Waals surface area contributed by atoms with E-state index in [2.05, 4.69) is 41.8 Å². The lowest BCUT2D eigenvalue weighted by Gasteiger charge is -2.37. The van der Waals surface area contributed by atoms with Crippen LogP contribution in [0.1, 0.15) is 51.6 Å². The number of likely N-dealkylation sites (tertiary alicyclic amines) is 1. The van der Waals surface area contributed by atoms with Gasteiger partial charge in [-0.05, 0) is 38.0 Å². The maximum atomic E-state index is 4.89. The van der Waals surface area contributed by atoms with E-state index in [0.29, 0.717) is 0 Å². The largest absolute Gasteiger partial charge is 0.357 e. The minimum Gasteiger partial charge on any atom is -0.357 e. The van der Waals surface area contributed by atoms with Gasteiger partial charge in [0.15, 0.2) is 5.96 Å². The van der Waals surface area contributed by atoms with Crippen molar-refractivity contribution in [2.24, 2.45) is 16.8 Å². The summed E-state index contributed by atoms with van der Waals surface area (Å²) >= 11 is 0. The summed E-state index contributed by atoms with van der Waals surface area (Å²) in [5.74, 6) is 3.85. The smallest absolute Gasteiger partial charge is 0.193 e. The number of hydrogen-bond acceptors (Lipinski definition) is 2. The molecular weight excluding hydrogens is 298 g/mol. The number of rotatable bonds is 4. The van der Waals surface area contributed by atoms with E-state index in [1.807, 2.05) is 0 Å². The molecule has 1 saturated heterocycles. The Morgan fingerprint density at radius 3 is 2.79 bits per heavy atom. The minimum absolute atomic E-state index is 0.748. The van der Waals surface area contributed by atoms with Gasteiger partial charge in [0.1, 0.15) is 5.82 Å². The van der Waals surface area contributed by atoms with Crippen LogP contribution in [-0.2, 0) is 19.4 Å². The molecule has 2 aliphatic rings. The topological polar surface area (TPSA) is 45.5 Å². The number of nitrogens with zero attached hydrogens (tertiary/aromatic N) is 4.